The van der Waals surface area contributed by atoms with Crippen molar-refractivity contribution in [1.29, 1.82) is 0 Å². The maximum absolute atomic E-state index is 5.87. The number of benzene rings is 1. The zero-order valence-electron chi connectivity index (χ0n) is 7.54. The van der Waals surface area contributed by atoms with Gasteiger partial charge in [0.15, 0.2) is 4.47 Å². The lowest BCUT2D eigenvalue weighted by Crippen LogP contribution is -1.87. The lowest BCUT2D eigenvalue weighted by molar-refractivity contribution is 0.873. The van der Waals surface area contributed by atoms with Gasteiger partial charge in [0.25, 0.3) is 0 Å². The van der Waals surface area contributed by atoms with Crippen LogP contribution in [0.1, 0.15) is 25.3 Å². The van der Waals surface area contributed by atoms with Crippen LogP contribution in [0.25, 0.3) is 10.2 Å². The van der Waals surface area contributed by atoms with Crippen molar-refractivity contribution < 1.29 is 0 Å². The summed E-state index contributed by atoms with van der Waals surface area (Å²) < 4.78 is 1.80. The van der Waals surface area contributed by atoms with E-state index in [0.717, 1.165) is 5.52 Å². The fraction of sp³-hybridized carbons (Fsp3) is 0.300. The van der Waals surface area contributed by atoms with Crippen LogP contribution in [0, 0.1) is 0 Å². The molecular weight excluding hydrogens is 202 g/mol. The molecule has 0 atom stereocenters. The minimum absolute atomic E-state index is 0.502. The summed E-state index contributed by atoms with van der Waals surface area (Å²) in [7, 11) is 0. The first kappa shape index (κ1) is 8.97. The Balaban J connectivity index is 2.75. The number of thiazole rings is 1. The van der Waals surface area contributed by atoms with E-state index >= 15 is 0 Å². The third kappa shape index (κ3) is 1.56. The van der Waals surface area contributed by atoms with Gasteiger partial charge in [-0.05, 0) is 17.5 Å². The summed E-state index contributed by atoms with van der Waals surface area (Å²) in [4.78, 5) is 4.32. The molecule has 0 saturated carbocycles. The molecule has 0 saturated heterocycles. The Bertz CT molecular complexity index is 433. The van der Waals surface area contributed by atoms with Crippen LogP contribution < -0.4 is 0 Å². The molecule has 13 heavy (non-hydrogen) atoms. The number of para-hydroxylation sites is 1. The van der Waals surface area contributed by atoms with Crippen molar-refractivity contribution in [2.45, 2.75) is 19.8 Å². The molecule has 0 bridgehead atoms. The molecule has 0 radical (unpaired) electrons. The molecule has 0 unspecified atom stereocenters. The number of hydrogen-bond acceptors (Lipinski definition) is 2. The van der Waals surface area contributed by atoms with E-state index in [1.807, 2.05) is 0 Å². The minimum Gasteiger partial charge on any atom is -0.225 e. The molecule has 1 aromatic heterocycles. The van der Waals surface area contributed by atoms with Gasteiger partial charge in [0.2, 0.25) is 0 Å². The molecule has 0 aliphatic rings. The maximum Gasteiger partial charge on any atom is 0.184 e. The maximum atomic E-state index is 5.87. The molecule has 1 aromatic carbocycles. The summed E-state index contributed by atoms with van der Waals surface area (Å²) in [5.41, 5.74) is 2.34. The fourth-order valence-electron chi connectivity index (χ4n) is 1.41. The summed E-state index contributed by atoms with van der Waals surface area (Å²) in [6, 6.07) is 6.24. The van der Waals surface area contributed by atoms with Crippen LogP contribution in [0.2, 0.25) is 4.47 Å². The van der Waals surface area contributed by atoms with Gasteiger partial charge in [0, 0.05) is 0 Å². The second-order valence-corrected chi connectivity index (χ2v) is 4.93. The lowest BCUT2D eigenvalue weighted by atomic mass is 10.0. The Morgan fingerprint density at radius 1 is 1.38 bits per heavy atom. The zero-order chi connectivity index (χ0) is 9.42. The van der Waals surface area contributed by atoms with Gasteiger partial charge >= 0.3 is 0 Å². The summed E-state index contributed by atoms with van der Waals surface area (Å²) in [5.74, 6) is 0.502. The van der Waals surface area contributed by atoms with Gasteiger partial charge in [-0.15, -0.1) is 11.3 Å². The van der Waals surface area contributed by atoms with Crippen molar-refractivity contribution in [3.05, 3.63) is 28.2 Å². The van der Waals surface area contributed by atoms with E-state index in [1.54, 1.807) is 0 Å². The smallest absolute Gasteiger partial charge is 0.184 e. The van der Waals surface area contributed by atoms with Crippen LogP contribution in [-0.4, -0.2) is 4.98 Å². The molecule has 0 N–H and O–H groups in total. The van der Waals surface area contributed by atoms with Gasteiger partial charge in [-0.1, -0.05) is 37.6 Å². The third-order valence-electron chi connectivity index (χ3n) is 2.05. The monoisotopic (exact) mass is 211 g/mol. The molecule has 0 aliphatic heterocycles. The normalized spacial score (nSPS) is 11.4. The highest BCUT2D eigenvalue weighted by atomic mass is 35.5. The molecule has 1 heterocycles. The lowest BCUT2D eigenvalue weighted by Gasteiger charge is -2.04. The highest BCUT2D eigenvalue weighted by molar-refractivity contribution is 7.22. The van der Waals surface area contributed by atoms with E-state index < -0.39 is 0 Å². The van der Waals surface area contributed by atoms with Gasteiger partial charge in [0.05, 0.1) is 10.2 Å². The van der Waals surface area contributed by atoms with Crippen LogP contribution in [-0.2, 0) is 0 Å². The number of nitrogens with zero attached hydrogens (tertiary/aromatic N) is 1. The highest BCUT2D eigenvalue weighted by Gasteiger charge is 2.08. The van der Waals surface area contributed by atoms with Gasteiger partial charge in [-0.3, -0.25) is 0 Å². The van der Waals surface area contributed by atoms with Crippen LogP contribution >= 0.6 is 22.9 Å². The number of aromatic nitrogens is 1. The SMILES string of the molecule is CC(C)c1cccc2sc(Cl)nc12. The quantitative estimate of drug-likeness (QED) is 0.693. The Kier molecular flexibility index (Phi) is 2.26. The standard InChI is InChI=1S/C10H10ClNS/c1-6(2)7-4-3-5-8-9(7)12-10(11)13-8/h3-6H,1-2H3. The molecule has 68 valence electrons. The molecule has 0 aliphatic carbocycles. The fourth-order valence-corrected chi connectivity index (χ4v) is 2.47. The molecule has 3 heteroatoms. The first-order valence-electron chi connectivity index (χ1n) is 4.23. The zero-order valence-corrected chi connectivity index (χ0v) is 9.12. The van der Waals surface area contributed by atoms with Crippen molar-refractivity contribution >= 4 is 33.2 Å². The number of halogens is 1. The van der Waals surface area contributed by atoms with E-state index in [1.165, 1.54) is 21.6 Å². The van der Waals surface area contributed by atoms with E-state index in [0.29, 0.717) is 10.4 Å². The van der Waals surface area contributed by atoms with Crippen LogP contribution in [0.15, 0.2) is 18.2 Å². The van der Waals surface area contributed by atoms with Gasteiger partial charge in [-0.25, -0.2) is 4.98 Å². The molecule has 2 aromatic rings. The molecule has 0 spiro atoms. The molecule has 1 nitrogen and oxygen atoms in total. The Labute approximate surface area is 86.4 Å². The number of fused-ring (bicyclic) bond motifs is 1. The van der Waals surface area contributed by atoms with Crippen LogP contribution in [0.5, 0.6) is 0 Å². The third-order valence-corrected chi connectivity index (χ3v) is 3.17. The molecule has 0 amide bonds. The average molecular weight is 212 g/mol. The topological polar surface area (TPSA) is 12.9 Å². The Morgan fingerprint density at radius 2 is 2.15 bits per heavy atom. The van der Waals surface area contributed by atoms with Crippen molar-refractivity contribution in [2.75, 3.05) is 0 Å². The highest BCUT2D eigenvalue weighted by Crippen LogP contribution is 2.30. The van der Waals surface area contributed by atoms with E-state index in [2.05, 4.69) is 37.0 Å². The number of rotatable bonds is 1. The summed E-state index contributed by atoms with van der Waals surface area (Å²) in [6.07, 6.45) is 0. The number of hydrogen-bond donors (Lipinski definition) is 0. The predicted molar refractivity (Wildman–Crippen MR) is 58.7 cm³/mol. The van der Waals surface area contributed by atoms with Gasteiger partial charge in [0.1, 0.15) is 0 Å². The average Bonchev–Trinajstić information content (AvgIpc) is 2.43. The van der Waals surface area contributed by atoms with E-state index in [9.17, 15) is 0 Å². The van der Waals surface area contributed by atoms with Gasteiger partial charge in [-0.2, -0.15) is 0 Å². The Morgan fingerprint density at radius 3 is 2.85 bits per heavy atom. The molecule has 2 rings (SSSR count). The molecular formula is C10H10ClNS. The van der Waals surface area contributed by atoms with Crippen LogP contribution in [0.4, 0.5) is 0 Å². The summed E-state index contributed by atoms with van der Waals surface area (Å²) in [5, 5.41) is 0. The van der Waals surface area contributed by atoms with Crippen molar-refractivity contribution in [1.82, 2.24) is 4.98 Å². The molecule has 0 fully saturated rings. The van der Waals surface area contributed by atoms with E-state index in [-0.39, 0.29) is 0 Å². The van der Waals surface area contributed by atoms with Gasteiger partial charge < -0.3 is 0 Å². The van der Waals surface area contributed by atoms with Crippen LogP contribution in [0.3, 0.4) is 0 Å². The second-order valence-electron chi connectivity index (χ2n) is 3.32. The summed E-state index contributed by atoms with van der Waals surface area (Å²) in [6.45, 7) is 4.34. The Hall–Kier alpha value is -0.600. The van der Waals surface area contributed by atoms with Crippen molar-refractivity contribution in [3.8, 4) is 0 Å². The largest absolute Gasteiger partial charge is 0.225 e. The van der Waals surface area contributed by atoms with E-state index in [4.69, 9.17) is 11.6 Å². The first-order valence-corrected chi connectivity index (χ1v) is 5.43. The second kappa shape index (κ2) is 3.28. The summed E-state index contributed by atoms with van der Waals surface area (Å²) >= 11 is 7.41. The first-order chi connectivity index (χ1) is 6.18. The predicted octanol–water partition coefficient (Wildman–Crippen LogP) is 4.07. The minimum atomic E-state index is 0.502. The van der Waals surface area contributed by atoms with Crippen molar-refractivity contribution in [3.63, 3.8) is 0 Å². The van der Waals surface area contributed by atoms with Crippen molar-refractivity contribution in [2.24, 2.45) is 0 Å².